The lowest BCUT2D eigenvalue weighted by molar-refractivity contribution is 0.516. The molecule has 0 unspecified atom stereocenters. The Balaban J connectivity index is 2.59. The molecule has 0 aliphatic carbocycles. The molecule has 3 heteroatoms. The van der Waals surface area contributed by atoms with Gasteiger partial charge < -0.3 is 0 Å². The first-order valence-corrected chi connectivity index (χ1v) is 3.70. The van der Waals surface area contributed by atoms with Crippen LogP contribution in [0.4, 0.5) is 0 Å². The van der Waals surface area contributed by atoms with Crippen LogP contribution in [-0.4, -0.2) is 23.3 Å². The van der Waals surface area contributed by atoms with Crippen molar-refractivity contribution in [3.05, 3.63) is 36.2 Å². The molecule has 0 spiro atoms. The zero-order valence-electron chi connectivity index (χ0n) is 6.86. The summed E-state index contributed by atoms with van der Waals surface area (Å²) in [7, 11) is 1.87. The van der Waals surface area contributed by atoms with Gasteiger partial charge in [0.05, 0.1) is 11.9 Å². The van der Waals surface area contributed by atoms with Gasteiger partial charge in [-0.3, -0.25) is 9.99 Å². The summed E-state index contributed by atoms with van der Waals surface area (Å²) >= 11 is 0. The van der Waals surface area contributed by atoms with Crippen LogP contribution in [0.15, 0.2) is 30.1 Å². The maximum Gasteiger partial charge on any atom is 0.0613 e. The molecule has 1 aromatic rings. The molecule has 0 aromatic carbocycles. The average Bonchev–Trinajstić information content (AvgIpc) is 2.12. The Morgan fingerprint density at radius 1 is 1.50 bits per heavy atom. The first-order valence-electron chi connectivity index (χ1n) is 3.70. The van der Waals surface area contributed by atoms with Crippen molar-refractivity contribution in [3.63, 3.8) is 0 Å². The number of rotatable bonds is 0. The molecule has 0 atom stereocenters. The summed E-state index contributed by atoms with van der Waals surface area (Å²) in [6.07, 6.45) is 5.37. The lowest BCUT2D eigenvalue weighted by Gasteiger charge is -2.21. The van der Waals surface area contributed by atoms with Gasteiger partial charge in [-0.25, -0.2) is 0 Å². The number of hydrogen-bond acceptors (Lipinski definition) is 3. The highest BCUT2D eigenvalue weighted by molar-refractivity contribution is 5.89. The topological polar surface area (TPSA) is 28.5 Å². The minimum Gasteiger partial charge on any atom is -0.269 e. The summed E-state index contributed by atoms with van der Waals surface area (Å²) in [5, 5.41) is 5.87. The van der Waals surface area contributed by atoms with E-state index in [2.05, 4.69) is 16.7 Å². The van der Waals surface area contributed by atoms with Crippen molar-refractivity contribution >= 4 is 11.9 Å². The normalized spacial score (nSPS) is 14.8. The SMILES string of the molecule is C=C1c2cnccc2C=NN1C. The number of aromatic nitrogens is 1. The van der Waals surface area contributed by atoms with Gasteiger partial charge in [0, 0.05) is 30.6 Å². The zero-order chi connectivity index (χ0) is 8.55. The second-order valence-corrected chi connectivity index (χ2v) is 2.68. The third-order valence-electron chi connectivity index (χ3n) is 1.93. The highest BCUT2D eigenvalue weighted by Gasteiger charge is 2.11. The van der Waals surface area contributed by atoms with Gasteiger partial charge in [0.2, 0.25) is 0 Å². The van der Waals surface area contributed by atoms with E-state index < -0.39 is 0 Å². The smallest absolute Gasteiger partial charge is 0.0613 e. The fraction of sp³-hybridized carbons (Fsp3) is 0.111. The maximum absolute atomic E-state index is 4.13. The summed E-state index contributed by atoms with van der Waals surface area (Å²) < 4.78 is 0. The highest BCUT2D eigenvalue weighted by atomic mass is 15.4. The van der Waals surface area contributed by atoms with Crippen LogP contribution in [0.5, 0.6) is 0 Å². The first kappa shape index (κ1) is 7.03. The minimum absolute atomic E-state index is 0.889. The van der Waals surface area contributed by atoms with Crippen LogP contribution >= 0.6 is 0 Å². The Bertz CT molecular complexity index is 355. The number of hydrazone groups is 1. The van der Waals surface area contributed by atoms with E-state index in [1.807, 2.05) is 19.3 Å². The van der Waals surface area contributed by atoms with Crippen molar-refractivity contribution in [1.82, 2.24) is 9.99 Å². The molecule has 0 amide bonds. The van der Waals surface area contributed by atoms with E-state index in [0.717, 1.165) is 16.8 Å². The Labute approximate surface area is 71.0 Å². The standard InChI is InChI=1S/C9H9N3/c1-7-9-6-10-4-3-8(9)5-11-12(7)2/h3-6H,1H2,2H3. The molecule has 0 fully saturated rings. The van der Waals surface area contributed by atoms with Crippen LogP contribution in [-0.2, 0) is 0 Å². The van der Waals surface area contributed by atoms with Gasteiger partial charge in [0.25, 0.3) is 0 Å². The monoisotopic (exact) mass is 159 g/mol. The summed E-state index contributed by atoms with van der Waals surface area (Å²) in [6.45, 7) is 3.91. The van der Waals surface area contributed by atoms with E-state index in [1.54, 1.807) is 17.4 Å². The molecule has 2 heterocycles. The molecule has 3 nitrogen and oxygen atoms in total. The minimum atomic E-state index is 0.889. The van der Waals surface area contributed by atoms with E-state index in [0.29, 0.717) is 0 Å². The van der Waals surface area contributed by atoms with Crippen molar-refractivity contribution < 1.29 is 0 Å². The predicted octanol–water partition coefficient (Wildman–Crippen LogP) is 1.33. The van der Waals surface area contributed by atoms with Gasteiger partial charge in [0.1, 0.15) is 0 Å². The largest absolute Gasteiger partial charge is 0.269 e. The Hall–Kier alpha value is -1.64. The van der Waals surface area contributed by atoms with Gasteiger partial charge in [-0.2, -0.15) is 5.10 Å². The molecule has 1 aromatic heterocycles. The third kappa shape index (κ3) is 0.906. The molecular weight excluding hydrogens is 150 g/mol. The van der Waals surface area contributed by atoms with Crippen molar-refractivity contribution in [2.75, 3.05) is 7.05 Å². The number of nitrogens with zero attached hydrogens (tertiary/aromatic N) is 3. The summed E-state index contributed by atoms with van der Waals surface area (Å²) in [5.41, 5.74) is 3.02. The molecule has 0 radical (unpaired) electrons. The third-order valence-corrected chi connectivity index (χ3v) is 1.93. The van der Waals surface area contributed by atoms with E-state index in [9.17, 15) is 0 Å². The molecule has 60 valence electrons. The lowest BCUT2D eigenvalue weighted by Crippen LogP contribution is -2.15. The van der Waals surface area contributed by atoms with E-state index >= 15 is 0 Å². The fourth-order valence-electron chi connectivity index (χ4n) is 1.15. The van der Waals surface area contributed by atoms with Gasteiger partial charge in [-0.05, 0) is 6.07 Å². The second-order valence-electron chi connectivity index (χ2n) is 2.68. The Morgan fingerprint density at radius 2 is 2.33 bits per heavy atom. The first-order chi connectivity index (χ1) is 5.79. The molecule has 1 aliphatic heterocycles. The molecule has 0 saturated heterocycles. The Morgan fingerprint density at radius 3 is 3.17 bits per heavy atom. The second kappa shape index (κ2) is 2.44. The van der Waals surface area contributed by atoms with Crippen LogP contribution in [0.3, 0.4) is 0 Å². The molecule has 12 heavy (non-hydrogen) atoms. The van der Waals surface area contributed by atoms with Gasteiger partial charge >= 0.3 is 0 Å². The lowest BCUT2D eigenvalue weighted by atomic mass is 10.1. The molecule has 0 bridgehead atoms. The molecule has 1 aliphatic rings. The summed E-state index contributed by atoms with van der Waals surface area (Å²) in [5.74, 6) is 0. The summed E-state index contributed by atoms with van der Waals surface area (Å²) in [6, 6.07) is 1.93. The van der Waals surface area contributed by atoms with Gasteiger partial charge in [0.15, 0.2) is 0 Å². The van der Waals surface area contributed by atoms with Crippen molar-refractivity contribution in [2.24, 2.45) is 5.10 Å². The number of hydrogen-bond donors (Lipinski definition) is 0. The number of fused-ring (bicyclic) bond motifs is 1. The fourth-order valence-corrected chi connectivity index (χ4v) is 1.15. The van der Waals surface area contributed by atoms with E-state index in [4.69, 9.17) is 0 Å². The van der Waals surface area contributed by atoms with E-state index in [-0.39, 0.29) is 0 Å². The summed E-state index contributed by atoms with van der Waals surface area (Å²) in [4.78, 5) is 4.03. The van der Waals surface area contributed by atoms with Crippen LogP contribution < -0.4 is 0 Å². The van der Waals surface area contributed by atoms with Crippen molar-refractivity contribution in [1.29, 1.82) is 0 Å². The van der Waals surface area contributed by atoms with Crippen LogP contribution in [0, 0.1) is 0 Å². The Kier molecular flexibility index (Phi) is 1.43. The molecular formula is C9H9N3. The quantitative estimate of drug-likeness (QED) is 0.571. The van der Waals surface area contributed by atoms with Gasteiger partial charge in [-0.1, -0.05) is 6.58 Å². The number of pyridine rings is 1. The maximum atomic E-state index is 4.13. The predicted molar refractivity (Wildman–Crippen MR) is 48.6 cm³/mol. The molecule has 2 rings (SSSR count). The molecule has 0 saturated carbocycles. The highest BCUT2D eigenvalue weighted by Crippen LogP contribution is 2.21. The van der Waals surface area contributed by atoms with Crippen LogP contribution in [0.2, 0.25) is 0 Å². The van der Waals surface area contributed by atoms with Gasteiger partial charge in [-0.15, -0.1) is 0 Å². The average molecular weight is 159 g/mol. The zero-order valence-corrected chi connectivity index (χ0v) is 6.86. The van der Waals surface area contributed by atoms with Crippen LogP contribution in [0.1, 0.15) is 11.1 Å². The molecule has 0 N–H and O–H groups in total. The van der Waals surface area contributed by atoms with Crippen LogP contribution in [0.25, 0.3) is 5.70 Å². The van der Waals surface area contributed by atoms with Crippen molar-refractivity contribution in [3.8, 4) is 0 Å². The van der Waals surface area contributed by atoms with Crippen molar-refractivity contribution in [2.45, 2.75) is 0 Å². The van der Waals surface area contributed by atoms with E-state index in [1.165, 1.54) is 0 Å².